The average Bonchev–Trinajstić information content (AvgIpc) is 2.97. The normalized spacial score (nSPS) is 16.8. The smallest absolute Gasteiger partial charge is 0.229 e. The summed E-state index contributed by atoms with van der Waals surface area (Å²) >= 11 is 3.60. The van der Waals surface area contributed by atoms with Crippen molar-refractivity contribution in [2.75, 3.05) is 62.2 Å². The van der Waals surface area contributed by atoms with Crippen molar-refractivity contribution in [2.24, 2.45) is 5.41 Å². The Kier molecular flexibility index (Phi) is 8.42. The molecule has 44 heavy (non-hydrogen) atoms. The predicted octanol–water partition coefficient (Wildman–Crippen LogP) is 7.76. The van der Waals surface area contributed by atoms with Crippen molar-refractivity contribution in [3.8, 4) is 5.75 Å². The number of piperidine rings is 1. The van der Waals surface area contributed by atoms with Crippen LogP contribution in [0.3, 0.4) is 0 Å². The Morgan fingerprint density at radius 2 is 1.75 bits per heavy atom. The van der Waals surface area contributed by atoms with Crippen molar-refractivity contribution in [1.82, 2.24) is 14.9 Å². The highest BCUT2D eigenvalue weighted by Crippen LogP contribution is 2.44. The molecule has 1 aromatic heterocycles. The van der Waals surface area contributed by atoms with Crippen LogP contribution in [0.2, 0.25) is 0 Å². The zero-order valence-corrected chi connectivity index (χ0v) is 28.9. The lowest BCUT2D eigenvalue weighted by atomic mass is 9.71. The first-order valence-corrected chi connectivity index (χ1v) is 18.7. The van der Waals surface area contributed by atoms with Gasteiger partial charge in [0.15, 0.2) is 0 Å². The number of benzene rings is 3. The second kappa shape index (κ2) is 12.0. The van der Waals surface area contributed by atoms with Crippen LogP contribution < -0.4 is 25.6 Å². The molecule has 10 heteroatoms. The van der Waals surface area contributed by atoms with Crippen LogP contribution in [-0.2, 0) is 4.57 Å². The number of anilines is 5. The van der Waals surface area contributed by atoms with Crippen LogP contribution in [-0.4, -0.2) is 67.5 Å². The summed E-state index contributed by atoms with van der Waals surface area (Å²) in [6, 6.07) is 16.9. The number of nitrogens with zero attached hydrogens (tertiary/aromatic N) is 4. The quantitative estimate of drug-likeness (QED) is 0.183. The van der Waals surface area contributed by atoms with Gasteiger partial charge in [-0.15, -0.1) is 0 Å². The predicted molar refractivity (Wildman–Crippen MR) is 188 cm³/mol. The molecular formula is C34H42BrN6O2P. The number of hydrogen-bond acceptors (Lipinski definition) is 8. The summed E-state index contributed by atoms with van der Waals surface area (Å²) in [4.78, 5) is 14.4. The SMILES string of the molecule is COc1cc(N2CCC3(CC2)CN(C(C)C)C3)c(C)cc1Nc1ncc(Br)c(Nc2ccc3ccccc3c2P(C)(C)=O)n1. The Balaban J connectivity index is 1.22. The van der Waals surface area contributed by atoms with Crippen molar-refractivity contribution in [2.45, 2.75) is 39.7 Å². The molecule has 4 aromatic rings. The van der Waals surface area contributed by atoms with Gasteiger partial charge < -0.3 is 24.8 Å². The number of hydrogen-bond donors (Lipinski definition) is 2. The number of ether oxygens (including phenoxy) is 1. The number of aryl methyl sites for hydroxylation is 1. The van der Waals surface area contributed by atoms with E-state index in [0.29, 0.717) is 27.7 Å². The average molecular weight is 678 g/mol. The Labute approximate surface area is 269 Å². The molecule has 3 aromatic carbocycles. The lowest BCUT2D eigenvalue weighted by Gasteiger charge is -2.56. The van der Waals surface area contributed by atoms with Gasteiger partial charge in [-0.25, -0.2) is 4.98 Å². The molecule has 0 amide bonds. The molecule has 232 valence electrons. The summed E-state index contributed by atoms with van der Waals surface area (Å²) in [5, 5.41) is 9.65. The monoisotopic (exact) mass is 676 g/mol. The van der Waals surface area contributed by atoms with E-state index in [-0.39, 0.29) is 0 Å². The molecule has 0 unspecified atom stereocenters. The maximum absolute atomic E-state index is 13.4. The molecule has 6 rings (SSSR count). The first-order chi connectivity index (χ1) is 21.0. The van der Waals surface area contributed by atoms with E-state index in [1.54, 1.807) is 26.6 Å². The molecule has 8 nitrogen and oxygen atoms in total. The minimum atomic E-state index is -2.63. The van der Waals surface area contributed by atoms with E-state index < -0.39 is 7.14 Å². The molecule has 2 aliphatic rings. The Bertz CT molecular complexity index is 1740. The molecule has 2 N–H and O–H groups in total. The van der Waals surface area contributed by atoms with Crippen LogP contribution in [0.1, 0.15) is 32.3 Å². The summed E-state index contributed by atoms with van der Waals surface area (Å²) in [6.07, 6.45) is 4.17. The molecular weight excluding hydrogens is 635 g/mol. The second-order valence-electron chi connectivity index (χ2n) is 13.0. The molecule has 0 saturated carbocycles. The number of halogens is 1. The number of rotatable bonds is 8. The molecule has 1 spiro atoms. The number of fused-ring (bicyclic) bond motifs is 1. The van der Waals surface area contributed by atoms with E-state index in [1.165, 1.54) is 37.2 Å². The maximum atomic E-state index is 13.4. The molecule has 3 heterocycles. The fourth-order valence-electron chi connectivity index (χ4n) is 6.70. The van der Waals surface area contributed by atoms with Crippen LogP contribution in [0.5, 0.6) is 5.75 Å². The Morgan fingerprint density at radius 1 is 1.02 bits per heavy atom. The fraction of sp³-hybridized carbons (Fsp3) is 0.412. The number of nitrogens with one attached hydrogen (secondary N) is 2. The van der Waals surface area contributed by atoms with Crippen molar-refractivity contribution in [1.29, 1.82) is 0 Å². The highest BCUT2D eigenvalue weighted by atomic mass is 79.9. The Morgan fingerprint density at radius 3 is 2.43 bits per heavy atom. The van der Waals surface area contributed by atoms with E-state index in [2.05, 4.69) is 74.3 Å². The fourth-order valence-corrected chi connectivity index (χ4v) is 8.49. The zero-order valence-electron chi connectivity index (χ0n) is 26.4. The van der Waals surface area contributed by atoms with Gasteiger partial charge in [0.25, 0.3) is 0 Å². The summed E-state index contributed by atoms with van der Waals surface area (Å²) in [5.41, 5.74) is 4.46. The molecule has 2 fully saturated rings. The first kappa shape index (κ1) is 30.9. The number of aromatic nitrogens is 2. The molecule has 2 aliphatic heterocycles. The molecule has 0 bridgehead atoms. The molecule has 0 atom stereocenters. The third-order valence-electron chi connectivity index (χ3n) is 9.17. The van der Waals surface area contributed by atoms with E-state index in [0.717, 1.165) is 46.3 Å². The van der Waals surface area contributed by atoms with Crippen molar-refractivity contribution < 1.29 is 9.30 Å². The van der Waals surface area contributed by atoms with Crippen molar-refractivity contribution in [3.05, 3.63) is 64.8 Å². The van der Waals surface area contributed by atoms with E-state index >= 15 is 0 Å². The molecule has 0 aliphatic carbocycles. The van der Waals surface area contributed by atoms with Crippen LogP contribution in [0, 0.1) is 12.3 Å². The zero-order chi connectivity index (χ0) is 31.2. The van der Waals surface area contributed by atoms with Crippen molar-refractivity contribution >= 4 is 68.0 Å². The maximum Gasteiger partial charge on any atom is 0.229 e. The lowest BCUT2D eigenvalue weighted by molar-refractivity contribution is -0.0380. The highest BCUT2D eigenvalue weighted by Gasteiger charge is 2.45. The summed E-state index contributed by atoms with van der Waals surface area (Å²) in [5.74, 6) is 1.75. The standard InChI is InChI=1S/C34H42BrN6O2P/c1-22(2)41-20-34(21-41)13-15-40(16-14-34)29-18-30(43-4)28(17-23(29)3)38-33-36-19-26(35)32(39-33)37-27-12-11-24-9-7-8-10-25(24)31(27)44(5,6)42/h7-12,17-19,22H,13-16,20-21H2,1-6H3,(H2,36,37,38,39). The summed E-state index contributed by atoms with van der Waals surface area (Å²) < 4.78 is 20.0. The van der Waals surface area contributed by atoms with Gasteiger partial charge in [-0.05, 0) is 96.8 Å². The van der Waals surface area contributed by atoms with E-state index in [4.69, 9.17) is 9.72 Å². The molecule has 2 saturated heterocycles. The topological polar surface area (TPSA) is 82.6 Å². The number of methoxy groups -OCH3 is 1. The summed E-state index contributed by atoms with van der Waals surface area (Å²) in [6.45, 7) is 14.9. The Hall–Kier alpha value is -3.13. The van der Waals surface area contributed by atoms with Crippen LogP contribution >= 0.6 is 23.1 Å². The summed E-state index contributed by atoms with van der Waals surface area (Å²) in [7, 11) is -0.927. The first-order valence-electron chi connectivity index (χ1n) is 15.3. The van der Waals surface area contributed by atoms with Gasteiger partial charge in [0.1, 0.15) is 18.7 Å². The van der Waals surface area contributed by atoms with E-state index in [9.17, 15) is 4.57 Å². The lowest BCUT2D eigenvalue weighted by Crippen LogP contribution is -2.62. The van der Waals surface area contributed by atoms with Crippen molar-refractivity contribution in [3.63, 3.8) is 0 Å². The van der Waals surface area contributed by atoms with Gasteiger partial charge in [0, 0.05) is 55.5 Å². The van der Waals surface area contributed by atoms with Gasteiger partial charge in [0.2, 0.25) is 5.95 Å². The van der Waals surface area contributed by atoms with Gasteiger partial charge in [-0.2, -0.15) is 4.98 Å². The molecule has 0 radical (unpaired) electrons. The highest BCUT2D eigenvalue weighted by molar-refractivity contribution is 9.10. The van der Waals surface area contributed by atoms with Gasteiger partial charge in [-0.1, -0.05) is 30.3 Å². The van der Waals surface area contributed by atoms with Crippen LogP contribution in [0.25, 0.3) is 10.8 Å². The minimum Gasteiger partial charge on any atom is -0.494 e. The third kappa shape index (κ3) is 6.07. The van der Waals surface area contributed by atoms with Gasteiger partial charge in [0.05, 0.1) is 23.0 Å². The minimum absolute atomic E-state index is 0.430. The van der Waals surface area contributed by atoms with E-state index in [1.807, 2.05) is 36.4 Å². The number of likely N-dealkylation sites (tertiary alicyclic amines) is 1. The second-order valence-corrected chi connectivity index (χ2v) is 17.0. The van der Waals surface area contributed by atoms with Gasteiger partial charge >= 0.3 is 0 Å². The third-order valence-corrected chi connectivity index (χ3v) is 11.3. The largest absolute Gasteiger partial charge is 0.494 e. The van der Waals surface area contributed by atoms with Gasteiger partial charge in [-0.3, -0.25) is 4.90 Å². The van der Waals surface area contributed by atoms with Crippen LogP contribution in [0.15, 0.2) is 59.2 Å². The van der Waals surface area contributed by atoms with Crippen LogP contribution in [0.4, 0.5) is 28.8 Å².